The average molecular weight is 1480 g/mol. The number of alkyl halides is 4. The van der Waals surface area contributed by atoms with Crippen molar-refractivity contribution in [1.82, 2.24) is 53.5 Å². The lowest BCUT2D eigenvalue weighted by atomic mass is 9.92. The Bertz CT molecular complexity index is 4230. The van der Waals surface area contributed by atoms with Crippen LogP contribution in [0.1, 0.15) is 40.4 Å². The molecule has 2 aliphatic heterocycles. The zero-order valence-electron chi connectivity index (χ0n) is 52.5. The zero-order chi connectivity index (χ0) is 73.6. The quantitative estimate of drug-likeness (QED) is 0.0236. The number of rotatable bonds is 20. The highest BCUT2D eigenvalue weighted by Crippen LogP contribution is 2.38. The number of carbonyl (C=O) groups is 6. The van der Waals surface area contributed by atoms with Gasteiger partial charge in [0, 0.05) is 50.9 Å². The Balaban J connectivity index is 0.000000284. The second kappa shape index (κ2) is 35.9. The molecular weight excluding hydrogens is 1420 g/mol. The number of benzene rings is 2. The van der Waals surface area contributed by atoms with Gasteiger partial charge in [-0.2, -0.15) is 50.3 Å². The summed E-state index contributed by atoms with van der Waals surface area (Å²) in [5, 5.41) is 22.3. The first kappa shape index (κ1) is 80.5. The number of carboxylic acids is 2. The van der Waals surface area contributed by atoms with E-state index in [0.29, 0.717) is 33.2 Å². The molecule has 98 heavy (non-hydrogen) atoms. The van der Waals surface area contributed by atoms with Crippen LogP contribution in [0.15, 0.2) is 81.8 Å². The number of sulfonamides is 2. The standard InChI is InChI=1S/C18H17FN4O2S.C15H18N6O6S.C14H10F4N4O7S.C3H8NO5P.C3H9S/c1-4-5-22-13-7-12(11(19)6-14(13)25-9-16(22)24)20-17-23-10-18(2,3)8-15(23)21-26-17;1-21(2)13(22)9-6-5-7-16-12(9)28(24,25)20-15(23)19-14-17-10(26-3)8-11(18-14)27-4;15-11(16)28-8-5-9(29-12(17)18)20-13(19-8)21-14(25)22-30(26,27)7-4-2-1-3-6(7)10(23)24;5-3(6)1-4-2-10(7,8)9;1-4(2)3/h1,6-7H,5,8-10H2,2-3H3;5-8H,1-4H3,(H2,17,18,19,20,23);1-5,11-12H,(H,23,24)(H2,19,20,21,22,25);4H,1-2H2,(H,5,6)(H2,7,8,9);1-3H3/q;;;;+1/p-1/b20-17-;;;;. The number of aliphatic carboxylic acids is 1. The number of aromatic nitrogens is 7. The number of hydrogen-bond donors (Lipinski definition) is 8. The van der Waals surface area contributed by atoms with Crippen molar-refractivity contribution in [2.24, 2.45) is 10.4 Å². The van der Waals surface area contributed by atoms with Gasteiger partial charge in [-0.1, -0.05) is 31.9 Å². The molecule has 0 spiro atoms. The van der Waals surface area contributed by atoms with Crippen molar-refractivity contribution in [1.29, 1.82) is 0 Å². The number of carbonyl (C=O) groups excluding carboxylic acids is 4. The van der Waals surface area contributed by atoms with E-state index in [1.165, 1.54) is 103 Å². The molecule has 6 aromatic rings. The maximum atomic E-state index is 14.5. The van der Waals surface area contributed by atoms with Crippen LogP contribution in [-0.2, 0) is 58.1 Å². The van der Waals surface area contributed by atoms with Crippen molar-refractivity contribution >= 4 is 109 Å². The maximum absolute atomic E-state index is 14.5. The summed E-state index contributed by atoms with van der Waals surface area (Å²) in [5.41, 5.74) is -0.154. The number of terminal acetylenes is 1. The molecular formula is C53H61F5N15O20PS4. The molecule has 6 heterocycles. The molecule has 0 fully saturated rings. The minimum Gasteiger partial charge on any atom is -0.778 e. The summed E-state index contributed by atoms with van der Waals surface area (Å²) in [6.45, 7) is -2.24. The van der Waals surface area contributed by atoms with Crippen LogP contribution in [0.5, 0.6) is 29.3 Å². The molecule has 1 atom stereocenters. The first-order valence-corrected chi connectivity index (χ1v) is 34.8. The van der Waals surface area contributed by atoms with Crippen LogP contribution in [0.2, 0.25) is 0 Å². The number of carboxylic acid groups (broad SMARTS) is 2. The molecule has 8 rings (SSSR count). The van der Waals surface area contributed by atoms with Crippen LogP contribution in [0, 0.1) is 23.6 Å². The monoisotopic (exact) mass is 1480 g/mol. The third-order valence-corrected chi connectivity index (χ3v) is 15.3. The molecule has 8 N–H and O–H groups in total. The molecule has 1 unspecified atom stereocenters. The van der Waals surface area contributed by atoms with Crippen molar-refractivity contribution in [3.63, 3.8) is 0 Å². The highest BCUT2D eigenvalue weighted by atomic mass is 32.2. The van der Waals surface area contributed by atoms with Crippen LogP contribution in [0.4, 0.5) is 54.8 Å². The van der Waals surface area contributed by atoms with E-state index in [-0.39, 0.29) is 53.4 Å². The van der Waals surface area contributed by atoms with Gasteiger partial charge < -0.3 is 57.7 Å². The van der Waals surface area contributed by atoms with E-state index in [0.717, 1.165) is 30.9 Å². The Morgan fingerprint density at radius 3 is 1.91 bits per heavy atom. The van der Waals surface area contributed by atoms with E-state index < -0.39 is 123 Å². The number of amides is 6. The summed E-state index contributed by atoms with van der Waals surface area (Å²) < 4.78 is 156. The maximum Gasteiger partial charge on any atom is 0.388 e. The van der Waals surface area contributed by atoms with Gasteiger partial charge in [0.25, 0.3) is 31.9 Å². The number of nitrogens with zero attached hydrogens (tertiary/aromatic N) is 10. The predicted octanol–water partition coefficient (Wildman–Crippen LogP) is 2.90. The van der Waals surface area contributed by atoms with Crippen molar-refractivity contribution in [2.75, 3.05) is 88.6 Å². The minimum atomic E-state index is -4.71. The summed E-state index contributed by atoms with van der Waals surface area (Å²) in [6, 6.07) is 8.88. The predicted molar refractivity (Wildman–Crippen MR) is 336 cm³/mol. The topological polar surface area (TPSA) is 479 Å². The number of halogens is 5. The third kappa shape index (κ3) is 25.6. The van der Waals surface area contributed by atoms with Crippen LogP contribution in [0.3, 0.4) is 0 Å². The normalized spacial score (nSPS) is 13.4. The lowest BCUT2D eigenvalue weighted by molar-refractivity contribution is -0.193. The van der Waals surface area contributed by atoms with E-state index in [4.69, 9.17) is 35.7 Å². The van der Waals surface area contributed by atoms with Crippen LogP contribution < -0.4 is 63.7 Å². The number of pyridine rings is 1. The summed E-state index contributed by atoms with van der Waals surface area (Å²) in [6.07, 6.45) is 13.3. The average Bonchev–Trinajstić information content (AvgIpc) is 1.45. The minimum absolute atomic E-state index is 0.0913. The summed E-state index contributed by atoms with van der Waals surface area (Å²) in [5.74, 6) is -3.37. The van der Waals surface area contributed by atoms with Crippen molar-refractivity contribution in [2.45, 2.75) is 50.0 Å². The smallest absolute Gasteiger partial charge is 0.388 e. The number of hydrogen-bond acceptors (Lipinski definition) is 26. The molecule has 532 valence electrons. The number of nitrogens with one attached hydrogen (secondary N) is 5. The van der Waals surface area contributed by atoms with Crippen LogP contribution in [0.25, 0.3) is 0 Å². The second-order valence-corrected chi connectivity index (χ2v) is 28.4. The molecule has 0 radical (unpaired) electrons. The SMILES string of the molecule is C#CCN1C(=O)COc2cc(F)c(/N=c3\snc4n3CC(C)(C)C4)cc21.COc1cc(OC)nc(NC(=O)NS(=O)(=O)c2ncccc2C(=O)N(C)C)n1.C[S+](C)C.O=C(Nc1nc(OC(F)F)cc(OC(F)F)n1)NS(=O)(=O)c1ccccc1C(=O)O.O=C(O)CNCP(=O)([O-])O. The van der Waals surface area contributed by atoms with E-state index in [9.17, 15) is 77.0 Å². The molecule has 2 aliphatic rings. The Morgan fingerprint density at radius 1 is 0.867 bits per heavy atom. The Labute approximate surface area is 561 Å². The van der Waals surface area contributed by atoms with E-state index in [2.05, 4.69) is 87.6 Å². The molecule has 0 saturated heterocycles. The van der Waals surface area contributed by atoms with Gasteiger partial charge in [0.05, 0.1) is 81.3 Å². The van der Waals surface area contributed by atoms with Gasteiger partial charge in [0.15, 0.2) is 17.5 Å². The van der Waals surface area contributed by atoms with Crippen molar-refractivity contribution in [3.8, 4) is 41.6 Å². The fraction of sp³-hybridized carbons (Fsp3) is 0.340. The molecule has 4 aromatic heterocycles. The Morgan fingerprint density at radius 2 is 1.40 bits per heavy atom. The highest BCUT2D eigenvalue weighted by Gasteiger charge is 2.33. The van der Waals surface area contributed by atoms with Crippen LogP contribution in [-0.4, -0.2) is 193 Å². The first-order valence-electron chi connectivity index (χ1n) is 26.9. The molecule has 2 aromatic carbocycles. The summed E-state index contributed by atoms with van der Waals surface area (Å²) in [4.78, 5) is 112. The van der Waals surface area contributed by atoms with Crippen molar-refractivity contribution < 1.29 is 116 Å². The fourth-order valence-corrected chi connectivity index (χ4v) is 10.8. The Kier molecular flexibility index (Phi) is 29.5. The second-order valence-electron chi connectivity index (χ2n) is 20.4. The molecule has 0 saturated carbocycles. The van der Waals surface area contributed by atoms with Gasteiger partial charge >= 0.3 is 37.2 Å². The van der Waals surface area contributed by atoms with Gasteiger partial charge in [-0.05, 0) is 46.6 Å². The largest absolute Gasteiger partial charge is 0.778 e. The van der Waals surface area contributed by atoms with E-state index in [1.54, 1.807) is 10.0 Å². The number of urea groups is 2. The van der Waals surface area contributed by atoms with E-state index in [1.807, 2.05) is 9.88 Å². The third-order valence-electron chi connectivity index (χ3n) is 11.2. The zero-order valence-corrected chi connectivity index (χ0v) is 56.7. The lowest BCUT2D eigenvalue weighted by Gasteiger charge is -2.28. The number of ether oxygens (including phenoxy) is 5. The van der Waals surface area contributed by atoms with Gasteiger partial charge in [0.2, 0.25) is 40.2 Å². The number of aromatic carboxylic acids is 1. The Hall–Kier alpha value is -9.90. The first-order chi connectivity index (χ1) is 45.7. The summed E-state index contributed by atoms with van der Waals surface area (Å²) >= 11 is 1.24. The number of anilines is 3. The number of fused-ring (bicyclic) bond motifs is 2. The molecule has 6 amide bonds. The summed E-state index contributed by atoms with van der Waals surface area (Å²) in [7, 11) is -7.27. The van der Waals surface area contributed by atoms with Gasteiger partial charge in [-0.3, -0.25) is 35.2 Å². The van der Waals surface area contributed by atoms with Gasteiger partial charge in [0.1, 0.15) is 29.8 Å². The highest BCUT2D eigenvalue weighted by molar-refractivity contribution is 7.94. The lowest BCUT2D eigenvalue weighted by Crippen LogP contribution is -2.39. The van der Waals surface area contributed by atoms with Crippen LogP contribution >= 0.6 is 19.1 Å². The molecule has 0 aliphatic carbocycles. The van der Waals surface area contributed by atoms with Crippen molar-refractivity contribution in [3.05, 3.63) is 94.4 Å². The molecule has 35 nitrogen and oxygen atoms in total. The molecule has 45 heteroatoms. The van der Waals surface area contributed by atoms with Gasteiger partial charge in [-0.15, -0.1) is 6.42 Å². The molecule has 0 bridgehead atoms. The van der Waals surface area contributed by atoms with E-state index >= 15 is 0 Å². The van der Waals surface area contributed by atoms with Gasteiger partial charge in [-0.25, -0.2) is 46.6 Å². The fourth-order valence-electron chi connectivity index (χ4n) is 7.47. The number of methoxy groups -OCH3 is 2.